The fraction of sp³-hybridized carbons (Fsp3) is 0.310. The van der Waals surface area contributed by atoms with Crippen molar-refractivity contribution in [2.45, 2.75) is 13.0 Å². The smallest absolute Gasteiger partial charge is 0.150 e. The van der Waals surface area contributed by atoms with E-state index in [0.717, 1.165) is 64.7 Å². The average Bonchev–Trinajstić information content (AvgIpc) is 2.86. The Labute approximate surface area is 205 Å². The highest BCUT2D eigenvalue weighted by molar-refractivity contribution is 5.95. The standard InChI is InChI=1S/C29H30FNO4/c1-19-26-15-23(32)7-12-27(26)35-29(28(19)21-3-8-24(33-2)9-4-21)22-5-10-25(11-6-22)34-14-13-31-17-20(16-30)18-31/h3-12,15,20,29,32H,13-14,16-18H2,1-2H3/t29-/m0/s1. The number of hydrogen-bond acceptors (Lipinski definition) is 5. The molecule has 0 saturated carbocycles. The minimum Gasteiger partial charge on any atom is -0.508 e. The number of hydrogen-bond donors (Lipinski definition) is 1. The topological polar surface area (TPSA) is 51.2 Å². The Kier molecular flexibility index (Phi) is 6.64. The van der Waals surface area contributed by atoms with Gasteiger partial charge in [-0.2, -0.15) is 0 Å². The van der Waals surface area contributed by atoms with Crippen molar-refractivity contribution in [1.29, 1.82) is 0 Å². The van der Waals surface area contributed by atoms with Gasteiger partial charge in [0.15, 0.2) is 0 Å². The Morgan fingerprint density at radius 1 is 1.00 bits per heavy atom. The van der Waals surface area contributed by atoms with E-state index in [1.54, 1.807) is 19.2 Å². The number of nitrogens with zero attached hydrogens (tertiary/aromatic N) is 1. The Morgan fingerprint density at radius 2 is 1.71 bits per heavy atom. The normalized spacial score (nSPS) is 18.0. The summed E-state index contributed by atoms with van der Waals surface area (Å²) in [5.74, 6) is 2.72. The second-order valence-corrected chi connectivity index (χ2v) is 9.14. The molecular weight excluding hydrogens is 445 g/mol. The van der Waals surface area contributed by atoms with Crippen LogP contribution >= 0.6 is 0 Å². The first-order valence-electron chi connectivity index (χ1n) is 11.9. The third-order valence-corrected chi connectivity index (χ3v) is 6.79. The van der Waals surface area contributed by atoms with Gasteiger partial charge in [-0.15, -0.1) is 0 Å². The van der Waals surface area contributed by atoms with Crippen molar-refractivity contribution in [2.24, 2.45) is 5.92 Å². The molecule has 5 rings (SSSR count). The van der Waals surface area contributed by atoms with Crippen LogP contribution in [0.3, 0.4) is 0 Å². The molecule has 5 nitrogen and oxygen atoms in total. The summed E-state index contributed by atoms with van der Waals surface area (Å²) in [6.07, 6.45) is -0.312. The molecule has 6 heteroatoms. The van der Waals surface area contributed by atoms with E-state index in [4.69, 9.17) is 14.2 Å². The molecule has 1 atom stereocenters. The molecular formula is C29H30FNO4. The van der Waals surface area contributed by atoms with Crippen LogP contribution in [0.25, 0.3) is 11.1 Å². The summed E-state index contributed by atoms with van der Waals surface area (Å²) in [5.41, 5.74) is 5.02. The van der Waals surface area contributed by atoms with Crippen LogP contribution in [0, 0.1) is 5.92 Å². The van der Waals surface area contributed by atoms with Gasteiger partial charge < -0.3 is 19.3 Å². The Bertz CT molecular complexity index is 1200. The number of phenols is 1. The lowest BCUT2D eigenvalue weighted by Crippen LogP contribution is -2.49. The molecule has 2 aliphatic heterocycles. The van der Waals surface area contributed by atoms with Crippen LogP contribution in [0.15, 0.2) is 66.7 Å². The number of benzene rings is 3. The highest BCUT2D eigenvalue weighted by atomic mass is 19.1. The minimum atomic E-state index is -0.312. The molecule has 0 aromatic heterocycles. The van der Waals surface area contributed by atoms with E-state index in [1.165, 1.54) is 0 Å². The van der Waals surface area contributed by atoms with Crippen molar-refractivity contribution in [1.82, 2.24) is 4.90 Å². The van der Waals surface area contributed by atoms with Gasteiger partial charge in [0.2, 0.25) is 0 Å². The van der Waals surface area contributed by atoms with Crippen LogP contribution in [0.2, 0.25) is 0 Å². The number of fused-ring (bicyclic) bond motifs is 1. The number of phenolic OH excluding ortho intramolecular Hbond substituents is 1. The molecule has 1 fully saturated rings. The molecule has 1 N–H and O–H groups in total. The lowest BCUT2D eigenvalue weighted by Gasteiger charge is -2.37. The molecule has 2 heterocycles. The van der Waals surface area contributed by atoms with Crippen molar-refractivity contribution in [2.75, 3.05) is 40.0 Å². The maximum Gasteiger partial charge on any atom is 0.150 e. The number of halogens is 1. The number of alkyl halides is 1. The van der Waals surface area contributed by atoms with Gasteiger partial charge in [-0.05, 0) is 66.1 Å². The molecule has 0 amide bonds. The zero-order chi connectivity index (χ0) is 24.4. The monoisotopic (exact) mass is 475 g/mol. The Morgan fingerprint density at radius 3 is 2.40 bits per heavy atom. The van der Waals surface area contributed by atoms with Crippen molar-refractivity contribution in [3.8, 4) is 23.0 Å². The molecule has 0 radical (unpaired) electrons. The summed E-state index contributed by atoms with van der Waals surface area (Å²) in [6, 6.07) is 21.1. The summed E-state index contributed by atoms with van der Waals surface area (Å²) < 4.78 is 30.3. The minimum absolute atomic E-state index is 0.190. The van der Waals surface area contributed by atoms with E-state index in [2.05, 4.69) is 11.8 Å². The van der Waals surface area contributed by atoms with E-state index < -0.39 is 0 Å². The molecule has 182 valence electrons. The van der Waals surface area contributed by atoms with Gasteiger partial charge in [-0.25, -0.2) is 0 Å². The Hall–Kier alpha value is -3.51. The second-order valence-electron chi connectivity index (χ2n) is 9.14. The quantitative estimate of drug-likeness (QED) is 0.450. The summed E-state index contributed by atoms with van der Waals surface area (Å²) in [5, 5.41) is 10.1. The van der Waals surface area contributed by atoms with Gasteiger partial charge in [-0.1, -0.05) is 24.3 Å². The van der Waals surface area contributed by atoms with Gasteiger partial charge >= 0.3 is 0 Å². The van der Waals surface area contributed by atoms with Crippen LogP contribution in [-0.4, -0.2) is 50.0 Å². The van der Waals surface area contributed by atoms with E-state index in [-0.39, 0.29) is 24.4 Å². The van der Waals surface area contributed by atoms with Gasteiger partial charge in [0.05, 0.1) is 13.8 Å². The summed E-state index contributed by atoms with van der Waals surface area (Å²) in [4.78, 5) is 2.21. The third kappa shape index (κ3) is 4.84. The highest BCUT2D eigenvalue weighted by Gasteiger charge is 2.30. The lowest BCUT2D eigenvalue weighted by molar-refractivity contribution is 0.0668. The van der Waals surface area contributed by atoms with E-state index >= 15 is 0 Å². The van der Waals surface area contributed by atoms with Gasteiger partial charge in [0.25, 0.3) is 0 Å². The van der Waals surface area contributed by atoms with Crippen LogP contribution in [0.5, 0.6) is 23.0 Å². The van der Waals surface area contributed by atoms with Crippen molar-refractivity contribution in [3.05, 3.63) is 83.4 Å². The number of aromatic hydroxyl groups is 1. The number of rotatable bonds is 8. The molecule has 3 aromatic carbocycles. The van der Waals surface area contributed by atoms with Crippen LogP contribution < -0.4 is 14.2 Å². The maximum absolute atomic E-state index is 12.6. The maximum atomic E-state index is 12.6. The Balaban J connectivity index is 1.38. The molecule has 35 heavy (non-hydrogen) atoms. The molecule has 0 spiro atoms. The largest absolute Gasteiger partial charge is 0.508 e. The predicted octanol–water partition coefficient (Wildman–Crippen LogP) is 5.75. The zero-order valence-corrected chi connectivity index (χ0v) is 20.0. The summed E-state index contributed by atoms with van der Waals surface area (Å²) in [6.45, 7) is 4.84. The zero-order valence-electron chi connectivity index (χ0n) is 20.0. The summed E-state index contributed by atoms with van der Waals surface area (Å²) >= 11 is 0. The van der Waals surface area contributed by atoms with Gasteiger partial charge in [0.1, 0.15) is 35.7 Å². The number of allylic oxidation sites excluding steroid dienone is 1. The number of methoxy groups -OCH3 is 1. The summed E-state index contributed by atoms with van der Waals surface area (Å²) in [7, 11) is 1.65. The fourth-order valence-corrected chi connectivity index (χ4v) is 4.80. The second kappa shape index (κ2) is 10.0. The van der Waals surface area contributed by atoms with E-state index in [1.807, 2.05) is 54.6 Å². The van der Waals surface area contributed by atoms with Crippen LogP contribution in [-0.2, 0) is 0 Å². The van der Waals surface area contributed by atoms with Crippen molar-refractivity contribution < 1.29 is 23.7 Å². The average molecular weight is 476 g/mol. The third-order valence-electron chi connectivity index (χ3n) is 6.79. The molecule has 2 aliphatic rings. The molecule has 0 bridgehead atoms. The first-order chi connectivity index (χ1) is 17.1. The molecule has 0 unspecified atom stereocenters. The first kappa shape index (κ1) is 23.2. The van der Waals surface area contributed by atoms with Gasteiger partial charge in [-0.3, -0.25) is 9.29 Å². The molecule has 1 saturated heterocycles. The van der Waals surface area contributed by atoms with Crippen LogP contribution in [0.4, 0.5) is 4.39 Å². The van der Waals surface area contributed by atoms with Crippen molar-refractivity contribution >= 4 is 11.1 Å². The van der Waals surface area contributed by atoms with E-state index in [0.29, 0.717) is 6.61 Å². The molecule has 3 aromatic rings. The van der Waals surface area contributed by atoms with Crippen LogP contribution in [0.1, 0.15) is 29.7 Å². The lowest BCUT2D eigenvalue weighted by atomic mass is 9.86. The van der Waals surface area contributed by atoms with Gasteiger partial charge in [0, 0.05) is 36.7 Å². The predicted molar refractivity (Wildman–Crippen MR) is 135 cm³/mol. The molecule has 0 aliphatic carbocycles. The van der Waals surface area contributed by atoms with Crippen molar-refractivity contribution in [3.63, 3.8) is 0 Å². The number of ether oxygens (including phenoxy) is 3. The fourth-order valence-electron chi connectivity index (χ4n) is 4.80. The number of likely N-dealkylation sites (tertiary alicyclic amines) is 1. The van der Waals surface area contributed by atoms with E-state index in [9.17, 15) is 9.50 Å². The first-order valence-corrected chi connectivity index (χ1v) is 11.9. The SMILES string of the molecule is COc1ccc(C2=C(C)c3cc(O)ccc3O[C@H]2c2ccc(OCCN3CC(CF)C3)cc2)cc1. The highest BCUT2D eigenvalue weighted by Crippen LogP contribution is 2.47.